The van der Waals surface area contributed by atoms with Gasteiger partial charge in [-0.3, -0.25) is 4.98 Å². The van der Waals surface area contributed by atoms with Crippen molar-refractivity contribution in [2.45, 2.75) is 0 Å². The van der Waals surface area contributed by atoms with Crippen LogP contribution in [-0.2, 0) is 17.1 Å². The van der Waals surface area contributed by atoms with Crippen molar-refractivity contribution in [3.63, 3.8) is 0 Å². The number of hydrogen-bond acceptors (Lipinski definition) is 2. The molecule has 2 nitrogen and oxygen atoms in total. The van der Waals surface area contributed by atoms with Gasteiger partial charge in [-0.15, -0.1) is 12.1 Å². The normalized spacial score (nSPS) is 10.5. The third kappa shape index (κ3) is 2.42. The zero-order valence-corrected chi connectivity index (χ0v) is 12.3. The van der Waals surface area contributed by atoms with Gasteiger partial charge in [-0.25, -0.2) is 0 Å². The molecule has 0 spiro atoms. The van der Waals surface area contributed by atoms with Crippen LogP contribution in [0, 0.1) is 6.20 Å². The molecule has 3 aromatic carbocycles. The van der Waals surface area contributed by atoms with E-state index >= 15 is 0 Å². The minimum atomic E-state index is 0. The molecule has 0 bridgehead atoms. The summed E-state index contributed by atoms with van der Waals surface area (Å²) >= 11 is 0. The van der Waals surface area contributed by atoms with Crippen LogP contribution in [0.4, 0.5) is 0 Å². The predicted octanol–water partition coefficient (Wildman–Crippen LogP) is 4.25. The molecule has 3 heteroatoms. The second kappa shape index (κ2) is 5.64. The van der Waals surface area contributed by atoms with Crippen LogP contribution >= 0.6 is 0 Å². The van der Waals surface area contributed by atoms with Crippen molar-refractivity contribution in [3.05, 3.63) is 72.9 Å². The molecule has 0 N–H and O–H groups in total. The fraction of sp³-hybridized carbons (Fsp3) is 0. The summed E-state index contributed by atoms with van der Waals surface area (Å²) in [4.78, 5) is 9.18. The average Bonchev–Trinajstić information content (AvgIpc) is 2.55. The van der Waals surface area contributed by atoms with Crippen molar-refractivity contribution in [3.8, 4) is 11.3 Å². The number of rotatable bonds is 1. The second-order valence-electron chi connectivity index (χ2n) is 4.70. The van der Waals surface area contributed by atoms with Gasteiger partial charge in [0, 0.05) is 22.6 Å². The molecule has 101 valence electrons. The van der Waals surface area contributed by atoms with Gasteiger partial charge in [0.15, 0.2) is 0 Å². The van der Waals surface area contributed by atoms with Gasteiger partial charge in [0.05, 0.1) is 0 Å². The minimum absolute atomic E-state index is 0. The summed E-state index contributed by atoms with van der Waals surface area (Å²) in [5.41, 5.74) is 3.63. The quantitative estimate of drug-likeness (QED) is 0.298. The summed E-state index contributed by atoms with van der Waals surface area (Å²) in [6, 6.07) is 22.3. The Balaban J connectivity index is 0.00000132. The Labute approximate surface area is 133 Å². The molecule has 0 aliphatic rings. The second-order valence-corrected chi connectivity index (χ2v) is 4.70. The number of nitrogens with zero attached hydrogens (tertiary/aromatic N) is 2. The van der Waals surface area contributed by atoms with Gasteiger partial charge >= 0.3 is 0 Å². The van der Waals surface area contributed by atoms with E-state index in [4.69, 9.17) is 0 Å². The van der Waals surface area contributed by atoms with Crippen LogP contribution in [0.1, 0.15) is 0 Å². The van der Waals surface area contributed by atoms with Crippen molar-refractivity contribution in [2.24, 2.45) is 0 Å². The molecule has 0 saturated carbocycles. The fourth-order valence-electron chi connectivity index (χ4n) is 2.43. The van der Waals surface area contributed by atoms with Crippen LogP contribution < -0.4 is 0 Å². The van der Waals surface area contributed by atoms with E-state index in [0.29, 0.717) is 0 Å². The third-order valence-electron chi connectivity index (χ3n) is 3.43. The van der Waals surface area contributed by atoms with Crippen LogP contribution in [-0.4, -0.2) is 9.97 Å². The smallest absolute Gasteiger partial charge is 0.0326 e. The fourth-order valence-corrected chi connectivity index (χ4v) is 2.43. The van der Waals surface area contributed by atoms with E-state index in [1.54, 1.807) is 0 Å². The van der Waals surface area contributed by atoms with Gasteiger partial charge in [0.25, 0.3) is 0 Å². The Hall–Kier alpha value is -2.22. The summed E-state index contributed by atoms with van der Waals surface area (Å²) in [6.07, 6.45) is 3.06. The summed E-state index contributed by atoms with van der Waals surface area (Å²) < 4.78 is 0. The first-order chi connectivity index (χ1) is 9.92. The molecule has 4 rings (SSSR count). The van der Waals surface area contributed by atoms with Gasteiger partial charge in [0.2, 0.25) is 0 Å². The molecule has 0 unspecified atom stereocenters. The van der Waals surface area contributed by atoms with Gasteiger partial charge in [0.1, 0.15) is 0 Å². The van der Waals surface area contributed by atoms with E-state index in [-0.39, 0.29) is 17.1 Å². The van der Waals surface area contributed by atoms with Gasteiger partial charge in [-0.1, -0.05) is 60.3 Å². The van der Waals surface area contributed by atoms with E-state index < -0.39 is 0 Å². The van der Waals surface area contributed by atoms with Crippen LogP contribution in [0.25, 0.3) is 33.1 Å². The Morgan fingerprint density at radius 1 is 0.762 bits per heavy atom. The maximum Gasteiger partial charge on any atom is 0.0326 e. The predicted molar refractivity (Wildman–Crippen MR) is 81.3 cm³/mol. The first-order valence-electron chi connectivity index (χ1n) is 6.54. The summed E-state index contributed by atoms with van der Waals surface area (Å²) in [6.45, 7) is 0. The van der Waals surface area contributed by atoms with Crippen LogP contribution in [0.15, 0.2) is 66.7 Å². The van der Waals surface area contributed by atoms with Gasteiger partial charge in [-0.2, -0.15) is 0 Å². The molecule has 4 aromatic rings. The largest absolute Gasteiger partial charge is 0.381 e. The number of benzene rings is 3. The Kier molecular flexibility index (Phi) is 3.70. The summed E-state index contributed by atoms with van der Waals surface area (Å²) in [5.74, 6) is 0. The van der Waals surface area contributed by atoms with Crippen molar-refractivity contribution < 1.29 is 17.1 Å². The molecule has 1 heterocycles. The minimum Gasteiger partial charge on any atom is -0.381 e. The molecule has 21 heavy (non-hydrogen) atoms. The van der Waals surface area contributed by atoms with Gasteiger partial charge in [-0.05, 0) is 28.0 Å². The van der Waals surface area contributed by atoms with E-state index in [0.717, 1.165) is 27.7 Å². The zero-order chi connectivity index (χ0) is 13.4. The molecule has 0 aliphatic heterocycles. The van der Waals surface area contributed by atoms with Crippen molar-refractivity contribution >= 4 is 21.8 Å². The monoisotopic (exact) mass is 310 g/mol. The van der Waals surface area contributed by atoms with Crippen molar-refractivity contribution in [1.29, 1.82) is 0 Å². The molecular weight excluding hydrogens is 299 g/mol. The number of fused-ring (bicyclic) bond motifs is 3. The molecule has 1 aromatic heterocycles. The summed E-state index contributed by atoms with van der Waals surface area (Å²) in [7, 11) is 0. The Bertz CT molecular complexity index is 904. The number of aromatic nitrogens is 2. The molecule has 0 fully saturated rings. The van der Waals surface area contributed by atoms with Crippen LogP contribution in [0.2, 0.25) is 0 Å². The molecule has 1 radical (unpaired) electrons. The Morgan fingerprint density at radius 3 is 2.38 bits per heavy atom. The topological polar surface area (TPSA) is 25.8 Å². The zero-order valence-electron chi connectivity index (χ0n) is 11.1. The molecule has 0 atom stereocenters. The molecule has 0 saturated heterocycles. The average molecular weight is 310 g/mol. The van der Waals surface area contributed by atoms with E-state index in [1.165, 1.54) is 5.39 Å². The summed E-state index contributed by atoms with van der Waals surface area (Å²) in [5, 5.41) is 2.29. The third-order valence-corrected chi connectivity index (χ3v) is 3.43. The molecular formula is C18H11MnN2-. The SMILES string of the molecule is [Mn].[c-]1nc2c(ccc3ccccc32)nc1-c1ccccc1. The standard InChI is InChI=1S/C18H11N2.Mn/c1-2-7-14(8-3-1)17-12-19-18-15-9-5-4-6-13(15)10-11-16(18)20-17;/h1-11H;/q-1;. The first kappa shape index (κ1) is 13.7. The van der Waals surface area contributed by atoms with Crippen molar-refractivity contribution in [1.82, 2.24) is 9.97 Å². The first-order valence-corrected chi connectivity index (χ1v) is 6.54. The van der Waals surface area contributed by atoms with Crippen LogP contribution in [0.5, 0.6) is 0 Å². The molecule has 0 amide bonds. The van der Waals surface area contributed by atoms with Crippen molar-refractivity contribution in [2.75, 3.05) is 0 Å². The van der Waals surface area contributed by atoms with Gasteiger partial charge < -0.3 is 4.98 Å². The van der Waals surface area contributed by atoms with Crippen LogP contribution in [0.3, 0.4) is 0 Å². The molecule has 0 aliphatic carbocycles. The van der Waals surface area contributed by atoms with E-state index in [9.17, 15) is 0 Å². The number of hydrogen-bond donors (Lipinski definition) is 0. The maximum atomic E-state index is 4.68. The van der Waals surface area contributed by atoms with E-state index in [2.05, 4.69) is 34.4 Å². The van der Waals surface area contributed by atoms with E-state index in [1.807, 2.05) is 48.5 Å². The maximum absolute atomic E-state index is 4.68. The Morgan fingerprint density at radius 2 is 1.52 bits per heavy atom.